The van der Waals surface area contributed by atoms with Gasteiger partial charge in [-0.3, -0.25) is 0 Å². The fourth-order valence-corrected chi connectivity index (χ4v) is 1.90. The summed E-state index contributed by atoms with van der Waals surface area (Å²) in [5.74, 6) is -0.214. The average molecular weight is 278 g/mol. The molecule has 0 atom stereocenters. The van der Waals surface area contributed by atoms with Crippen LogP contribution in [-0.2, 0) is 9.53 Å². The minimum atomic E-state index is -0.214. The van der Waals surface area contributed by atoms with Crippen LogP contribution in [0.4, 0.5) is 0 Å². The van der Waals surface area contributed by atoms with E-state index in [1.165, 1.54) is 11.1 Å². The predicted molar refractivity (Wildman–Crippen MR) is 86.7 cm³/mol. The minimum absolute atomic E-state index is 0.214. The maximum Gasteiger partial charge on any atom is 0.330 e. The topological polar surface area (TPSA) is 26.3 Å². The normalized spacial score (nSPS) is 12.2. The summed E-state index contributed by atoms with van der Waals surface area (Å²) in [6.45, 7) is 10.8. The standard InChI is InChI=1S/C18H30O2/c1-6-17(14-18(19)20-7-2)13-9-12-16(5)11-8-10-15(3)4/h10,12,14H,6-9,11,13H2,1-5H3/b16-12+,17-14-. The van der Waals surface area contributed by atoms with E-state index in [1.807, 2.05) is 6.92 Å². The number of ether oxygens (including phenoxy) is 1. The first-order chi connectivity index (χ1) is 9.49. The van der Waals surface area contributed by atoms with Crippen molar-refractivity contribution in [3.05, 3.63) is 34.9 Å². The first kappa shape index (κ1) is 18.7. The molecule has 0 saturated carbocycles. The lowest BCUT2D eigenvalue weighted by Gasteiger charge is -2.04. The third kappa shape index (κ3) is 10.6. The molecule has 0 fully saturated rings. The molecule has 0 bridgehead atoms. The lowest BCUT2D eigenvalue weighted by molar-refractivity contribution is -0.137. The number of rotatable bonds is 9. The van der Waals surface area contributed by atoms with Crippen molar-refractivity contribution in [2.75, 3.05) is 6.61 Å². The Hall–Kier alpha value is -1.31. The van der Waals surface area contributed by atoms with Gasteiger partial charge in [0.25, 0.3) is 0 Å². The third-order valence-corrected chi connectivity index (χ3v) is 3.11. The highest BCUT2D eigenvalue weighted by atomic mass is 16.5. The van der Waals surface area contributed by atoms with E-state index in [2.05, 4.69) is 39.8 Å². The number of esters is 1. The SMILES string of the molecule is CCOC(=O)/C=C(/CC)CC/C=C(\C)CCC=C(C)C. The van der Waals surface area contributed by atoms with Crippen LogP contribution in [0.15, 0.2) is 34.9 Å². The zero-order valence-electron chi connectivity index (χ0n) is 13.8. The molecule has 0 heterocycles. The van der Waals surface area contributed by atoms with Crippen LogP contribution < -0.4 is 0 Å². The van der Waals surface area contributed by atoms with Crippen LogP contribution in [0.1, 0.15) is 66.7 Å². The molecule has 0 N–H and O–H groups in total. The second kappa shape index (κ2) is 11.5. The molecule has 0 radical (unpaired) electrons. The fraction of sp³-hybridized carbons (Fsp3) is 0.611. The summed E-state index contributed by atoms with van der Waals surface area (Å²) in [7, 11) is 0. The zero-order chi connectivity index (χ0) is 15.4. The van der Waals surface area contributed by atoms with Gasteiger partial charge in [0.15, 0.2) is 0 Å². The van der Waals surface area contributed by atoms with Gasteiger partial charge in [0.1, 0.15) is 0 Å². The Morgan fingerprint density at radius 2 is 1.65 bits per heavy atom. The third-order valence-electron chi connectivity index (χ3n) is 3.11. The molecule has 0 spiro atoms. The lowest BCUT2D eigenvalue weighted by atomic mass is 10.0. The molecule has 0 aromatic rings. The molecular weight excluding hydrogens is 248 g/mol. The maximum absolute atomic E-state index is 11.4. The van der Waals surface area contributed by atoms with Crippen LogP contribution in [0.25, 0.3) is 0 Å². The van der Waals surface area contributed by atoms with Crippen LogP contribution in [0.3, 0.4) is 0 Å². The van der Waals surface area contributed by atoms with E-state index in [9.17, 15) is 4.79 Å². The Kier molecular flexibility index (Phi) is 10.8. The Morgan fingerprint density at radius 3 is 2.20 bits per heavy atom. The molecule has 0 unspecified atom stereocenters. The van der Waals surface area contributed by atoms with Gasteiger partial charge in [-0.25, -0.2) is 4.79 Å². The first-order valence-electron chi connectivity index (χ1n) is 7.64. The fourth-order valence-electron chi connectivity index (χ4n) is 1.90. The molecule has 114 valence electrons. The molecule has 0 aliphatic carbocycles. The monoisotopic (exact) mass is 278 g/mol. The van der Waals surface area contributed by atoms with E-state index < -0.39 is 0 Å². The largest absolute Gasteiger partial charge is 0.463 e. The second-order valence-corrected chi connectivity index (χ2v) is 5.32. The predicted octanol–water partition coefficient (Wildman–Crippen LogP) is 5.36. The zero-order valence-corrected chi connectivity index (χ0v) is 13.8. The molecule has 0 saturated heterocycles. The number of hydrogen-bond acceptors (Lipinski definition) is 2. The van der Waals surface area contributed by atoms with Gasteiger partial charge in [-0.2, -0.15) is 0 Å². The van der Waals surface area contributed by atoms with E-state index in [0.717, 1.165) is 37.7 Å². The molecule has 0 aliphatic rings. The Morgan fingerprint density at radius 1 is 1.00 bits per heavy atom. The van der Waals surface area contributed by atoms with Crippen LogP contribution in [0, 0.1) is 0 Å². The average Bonchev–Trinajstić information content (AvgIpc) is 2.37. The van der Waals surface area contributed by atoms with Crippen molar-refractivity contribution in [1.29, 1.82) is 0 Å². The lowest BCUT2D eigenvalue weighted by Crippen LogP contribution is -2.01. The molecule has 0 aliphatic heterocycles. The smallest absolute Gasteiger partial charge is 0.330 e. The Balaban J connectivity index is 4.17. The van der Waals surface area contributed by atoms with Crippen LogP contribution >= 0.6 is 0 Å². The highest BCUT2D eigenvalue weighted by Crippen LogP contribution is 2.13. The van der Waals surface area contributed by atoms with E-state index in [4.69, 9.17) is 4.74 Å². The van der Waals surface area contributed by atoms with Crippen molar-refractivity contribution < 1.29 is 9.53 Å². The van der Waals surface area contributed by atoms with Crippen molar-refractivity contribution in [2.45, 2.75) is 66.7 Å². The molecule has 2 heteroatoms. The van der Waals surface area contributed by atoms with Gasteiger partial charge in [0, 0.05) is 6.08 Å². The minimum Gasteiger partial charge on any atom is -0.463 e. The number of carbonyl (C=O) groups is 1. The Labute approximate surface area is 124 Å². The van der Waals surface area contributed by atoms with Gasteiger partial charge in [-0.1, -0.05) is 35.8 Å². The highest BCUT2D eigenvalue weighted by molar-refractivity contribution is 5.82. The molecule has 20 heavy (non-hydrogen) atoms. The van der Waals surface area contributed by atoms with Crippen molar-refractivity contribution in [2.24, 2.45) is 0 Å². The summed E-state index contributed by atoms with van der Waals surface area (Å²) in [4.78, 5) is 11.4. The second-order valence-electron chi connectivity index (χ2n) is 5.32. The van der Waals surface area contributed by atoms with E-state index >= 15 is 0 Å². The van der Waals surface area contributed by atoms with Gasteiger partial charge in [0.2, 0.25) is 0 Å². The maximum atomic E-state index is 11.4. The Bertz CT molecular complexity index is 369. The van der Waals surface area contributed by atoms with Crippen molar-refractivity contribution in [3.63, 3.8) is 0 Å². The van der Waals surface area contributed by atoms with Crippen LogP contribution in [0.5, 0.6) is 0 Å². The van der Waals surface area contributed by atoms with Crippen LogP contribution in [0.2, 0.25) is 0 Å². The number of allylic oxidation sites excluding steroid dienone is 5. The molecule has 0 aromatic heterocycles. The van der Waals surface area contributed by atoms with Crippen molar-refractivity contribution in [3.8, 4) is 0 Å². The van der Waals surface area contributed by atoms with Gasteiger partial charge >= 0.3 is 5.97 Å². The first-order valence-corrected chi connectivity index (χ1v) is 7.64. The molecule has 0 rings (SSSR count). The summed E-state index contributed by atoms with van der Waals surface area (Å²) in [6.07, 6.45) is 11.3. The number of carbonyl (C=O) groups excluding carboxylic acids is 1. The van der Waals surface area contributed by atoms with E-state index in [0.29, 0.717) is 6.61 Å². The quantitative estimate of drug-likeness (QED) is 0.322. The van der Waals surface area contributed by atoms with Gasteiger partial charge in [-0.15, -0.1) is 0 Å². The van der Waals surface area contributed by atoms with E-state index in [-0.39, 0.29) is 5.97 Å². The van der Waals surface area contributed by atoms with E-state index in [1.54, 1.807) is 6.08 Å². The van der Waals surface area contributed by atoms with Gasteiger partial charge in [-0.05, 0) is 59.8 Å². The summed E-state index contributed by atoms with van der Waals surface area (Å²) >= 11 is 0. The molecule has 2 nitrogen and oxygen atoms in total. The summed E-state index contributed by atoms with van der Waals surface area (Å²) in [5, 5.41) is 0. The molecular formula is C18H30O2. The molecule has 0 aromatic carbocycles. The summed E-state index contributed by atoms with van der Waals surface area (Å²) < 4.78 is 4.94. The van der Waals surface area contributed by atoms with Gasteiger partial charge < -0.3 is 4.74 Å². The highest BCUT2D eigenvalue weighted by Gasteiger charge is 2.00. The van der Waals surface area contributed by atoms with Crippen molar-refractivity contribution in [1.82, 2.24) is 0 Å². The van der Waals surface area contributed by atoms with Gasteiger partial charge in [0.05, 0.1) is 6.61 Å². The molecule has 0 amide bonds. The van der Waals surface area contributed by atoms with Crippen molar-refractivity contribution >= 4 is 5.97 Å². The summed E-state index contributed by atoms with van der Waals surface area (Å²) in [6, 6.07) is 0. The van der Waals surface area contributed by atoms with Crippen LogP contribution in [-0.4, -0.2) is 12.6 Å². The number of hydrogen-bond donors (Lipinski definition) is 0. The summed E-state index contributed by atoms with van der Waals surface area (Å²) in [5.41, 5.74) is 3.97.